The molecule has 5 heteroatoms. The third kappa shape index (κ3) is 2.65. The normalized spacial score (nSPS) is 21.2. The van der Waals surface area contributed by atoms with Gasteiger partial charge in [0.15, 0.2) is 6.35 Å². The quantitative estimate of drug-likeness (QED) is 0.569. The monoisotopic (exact) mass is 188 g/mol. The molecule has 1 rings (SSSR count). The Balaban J connectivity index is 2.44. The van der Waals surface area contributed by atoms with E-state index >= 15 is 0 Å². The molecule has 0 spiro atoms. The summed E-state index contributed by atoms with van der Waals surface area (Å²) >= 11 is 0. The van der Waals surface area contributed by atoms with E-state index in [1.807, 2.05) is 4.90 Å². The number of rotatable bonds is 2. The van der Waals surface area contributed by atoms with Crippen molar-refractivity contribution in [3.8, 4) is 0 Å². The summed E-state index contributed by atoms with van der Waals surface area (Å²) in [6.07, 6.45) is -0.818. The van der Waals surface area contributed by atoms with Crippen LogP contribution in [0.3, 0.4) is 0 Å². The van der Waals surface area contributed by atoms with Crippen LogP contribution in [-0.2, 0) is 9.53 Å². The molecule has 1 aliphatic heterocycles. The first kappa shape index (κ1) is 10.4. The molecule has 0 aromatic carbocycles. The van der Waals surface area contributed by atoms with Gasteiger partial charge in [0, 0.05) is 27.1 Å². The molecule has 0 aliphatic carbocycles. The van der Waals surface area contributed by atoms with E-state index in [9.17, 15) is 9.90 Å². The third-order valence-electron chi connectivity index (χ3n) is 2.22. The van der Waals surface area contributed by atoms with Crippen LogP contribution in [0.5, 0.6) is 0 Å². The number of hydrogen-bond acceptors (Lipinski definition) is 4. The van der Waals surface area contributed by atoms with E-state index in [0.717, 1.165) is 0 Å². The van der Waals surface area contributed by atoms with Crippen LogP contribution in [0.4, 0.5) is 0 Å². The van der Waals surface area contributed by atoms with E-state index in [2.05, 4.69) is 0 Å². The zero-order chi connectivity index (χ0) is 9.84. The Kier molecular flexibility index (Phi) is 3.65. The number of carbonyl (C=O) groups excluding carboxylic acids is 1. The highest BCUT2D eigenvalue weighted by Gasteiger charge is 2.23. The maximum absolute atomic E-state index is 10.9. The Bertz CT molecular complexity index is 180. The van der Waals surface area contributed by atoms with Gasteiger partial charge in [-0.3, -0.25) is 9.69 Å². The molecule has 1 amide bonds. The summed E-state index contributed by atoms with van der Waals surface area (Å²) in [5, 5.41) is 9.69. The van der Waals surface area contributed by atoms with E-state index in [1.165, 1.54) is 11.8 Å². The predicted molar refractivity (Wildman–Crippen MR) is 46.8 cm³/mol. The van der Waals surface area contributed by atoms with Gasteiger partial charge in [-0.1, -0.05) is 0 Å². The first-order valence-corrected chi connectivity index (χ1v) is 4.36. The van der Waals surface area contributed by atoms with Gasteiger partial charge in [-0.2, -0.15) is 0 Å². The average molecular weight is 188 g/mol. The predicted octanol–water partition coefficient (Wildman–Crippen LogP) is -0.927. The van der Waals surface area contributed by atoms with Crippen molar-refractivity contribution in [2.45, 2.75) is 13.3 Å². The number of ether oxygens (including phenoxy) is 1. The SMILES string of the molecule is CC(=O)N(C)C(O)N1CCOCC1. The van der Waals surface area contributed by atoms with Gasteiger partial charge in [0.1, 0.15) is 0 Å². The highest BCUT2D eigenvalue weighted by Crippen LogP contribution is 2.04. The topological polar surface area (TPSA) is 53.0 Å². The molecule has 1 saturated heterocycles. The molecule has 0 bridgehead atoms. The Hall–Kier alpha value is -0.650. The molecule has 1 unspecified atom stereocenters. The van der Waals surface area contributed by atoms with Crippen molar-refractivity contribution in [2.75, 3.05) is 33.4 Å². The van der Waals surface area contributed by atoms with Gasteiger partial charge in [0.2, 0.25) is 5.91 Å². The van der Waals surface area contributed by atoms with Crippen molar-refractivity contribution in [1.29, 1.82) is 0 Å². The lowest BCUT2D eigenvalue weighted by molar-refractivity contribution is -0.160. The van der Waals surface area contributed by atoms with Crippen molar-refractivity contribution in [3.63, 3.8) is 0 Å². The van der Waals surface area contributed by atoms with Gasteiger partial charge in [-0.05, 0) is 0 Å². The minimum Gasteiger partial charge on any atom is -0.379 e. The Morgan fingerprint density at radius 2 is 2.08 bits per heavy atom. The summed E-state index contributed by atoms with van der Waals surface area (Å²) in [6.45, 7) is 3.99. The standard InChI is InChI=1S/C8H16N2O3/c1-7(11)9(2)8(12)10-3-5-13-6-4-10/h8,12H,3-6H2,1-2H3. The molecule has 0 radical (unpaired) electrons. The van der Waals surface area contributed by atoms with E-state index in [0.29, 0.717) is 26.3 Å². The first-order chi connectivity index (χ1) is 6.13. The largest absolute Gasteiger partial charge is 0.379 e. The second kappa shape index (κ2) is 4.55. The molecule has 1 N–H and O–H groups in total. The number of nitrogens with zero attached hydrogens (tertiary/aromatic N) is 2. The van der Waals surface area contributed by atoms with Crippen molar-refractivity contribution < 1.29 is 14.6 Å². The van der Waals surface area contributed by atoms with Crippen LogP contribution in [0.15, 0.2) is 0 Å². The molecule has 1 fully saturated rings. The number of aliphatic hydroxyl groups excluding tert-OH is 1. The Labute approximate surface area is 77.9 Å². The third-order valence-corrected chi connectivity index (χ3v) is 2.22. The number of carbonyl (C=O) groups is 1. The second-order valence-electron chi connectivity index (χ2n) is 3.12. The molecule has 5 nitrogen and oxygen atoms in total. The summed E-state index contributed by atoms with van der Waals surface area (Å²) < 4.78 is 5.13. The van der Waals surface area contributed by atoms with E-state index < -0.39 is 6.35 Å². The maximum atomic E-state index is 10.9. The van der Waals surface area contributed by atoms with Crippen molar-refractivity contribution in [3.05, 3.63) is 0 Å². The molecular weight excluding hydrogens is 172 g/mol. The molecule has 1 atom stereocenters. The Morgan fingerprint density at radius 1 is 1.54 bits per heavy atom. The van der Waals surface area contributed by atoms with Crippen LogP contribution in [0, 0.1) is 0 Å². The number of hydrogen-bond donors (Lipinski definition) is 1. The minimum atomic E-state index is -0.818. The number of amides is 1. The lowest BCUT2D eigenvalue weighted by Gasteiger charge is -2.35. The van der Waals surface area contributed by atoms with Crippen molar-refractivity contribution in [1.82, 2.24) is 9.80 Å². The highest BCUT2D eigenvalue weighted by atomic mass is 16.5. The highest BCUT2D eigenvalue weighted by molar-refractivity contribution is 5.72. The molecular formula is C8H16N2O3. The van der Waals surface area contributed by atoms with Crippen LogP contribution in [0.2, 0.25) is 0 Å². The van der Waals surface area contributed by atoms with Gasteiger partial charge >= 0.3 is 0 Å². The van der Waals surface area contributed by atoms with Gasteiger partial charge in [0.25, 0.3) is 0 Å². The fourth-order valence-electron chi connectivity index (χ4n) is 1.22. The zero-order valence-electron chi connectivity index (χ0n) is 8.06. The van der Waals surface area contributed by atoms with Crippen LogP contribution >= 0.6 is 0 Å². The molecule has 1 heterocycles. The average Bonchev–Trinajstić information content (AvgIpc) is 2.17. The van der Waals surface area contributed by atoms with Crippen LogP contribution < -0.4 is 0 Å². The van der Waals surface area contributed by atoms with Crippen LogP contribution in [0.25, 0.3) is 0 Å². The minimum absolute atomic E-state index is 0.140. The molecule has 0 aromatic heterocycles. The fourth-order valence-corrected chi connectivity index (χ4v) is 1.22. The molecule has 76 valence electrons. The van der Waals surface area contributed by atoms with Gasteiger partial charge < -0.3 is 14.7 Å². The summed E-state index contributed by atoms with van der Waals surface area (Å²) in [4.78, 5) is 14.1. The zero-order valence-corrected chi connectivity index (χ0v) is 8.06. The summed E-state index contributed by atoms with van der Waals surface area (Å²) in [5.41, 5.74) is 0. The lowest BCUT2D eigenvalue weighted by Crippen LogP contribution is -2.52. The molecule has 0 saturated carbocycles. The van der Waals surface area contributed by atoms with Crippen molar-refractivity contribution >= 4 is 5.91 Å². The molecule has 13 heavy (non-hydrogen) atoms. The lowest BCUT2D eigenvalue weighted by atomic mass is 10.4. The number of morpholine rings is 1. The Morgan fingerprint density at radius 3 is 2.54 bits per heavy atom. The van der Waals surface area contributed by atoms with Crippen LogP contribution in [-0.4, -0.2) is 60.5 Å². The number of aliphatic hydroxyl groups is 1. The summed E-state index contributed by atoms with van der Waals surface area (Å²) in [6, 6.07) is 0. The van der Waals surface area contributed by atoms with Gasteiger partial charge in [-0.15, -0.1) is 0 Å². The van der Waals surface area contributed by atoms with E-state index in [-0.39, 0.29) is 5.91 Å². The van der Waals surface area contributed by atoms with Gasteiger partial charge in [-0.25, -0.2) is 0 Å². The summed E-state index contributed by atoms with van der Waals surface area (Å²) in [5.74, 6) is -0.140. The fraction of sp³-hybridized carbons (Fsp3) is 0.875. The first-order valence-electron chi connectivity index (χ1n) is 4.36. The molecule has 1 aliphatic rings. The second-order valence-corrected chi connectivity index (χ2v) is 3.12. The van der Waals surface area contributed by atoms with E-state index in [4.69, 9.17) is 4.74 Å². The smallest absolute Gasteiger partial charge is 0.222 e. The van der Waals surface area contributed by atoms with E-state index in [1.54, 1.807) is 7.05 Å². The van der Waals surface area contributed by atoms with Crippen LogP contribution in [0.1, 0.15) is 6.92 Å². The maximum Gasteiger partial charge on any atom is 0.222 e. The van der Waals surface area contributed by atoms with Crippen molar-refractivity contribution in [2.24, 2.45) is 0 Å². The molecule has 0 aromatic rings. The summed E-state index contributed by atoms with van der Waals surface area (Å²) in [7, 11) is 1.59. The van der Waals surface area contributed by atoms with Gasteiger partial charge in [0.05, 0.1) is 13.2 Å².